The third-order valence-electron chi connectivity index (χ3n) is 6.40. The molecule has 2 aromatic carbocycles. The second kappa shape index (κ2) is 11.1. The van der Waals surface area contributed by atoms with Gasteiger partial charge in [-0.2, -0.15) is 10.2 Å². The van der Waals surface area contributed by atoms with E-state index in [9.17, 15) is 20.0 Å². The number of carbonyl (C=O) groups is 1. The molecule has 1 aliphatic heterocycles. The maximum Gasteiger partial charge on any atom is 0.275 e. The zero-order valence-corrected chi connectivity index (χ0v) is 20.9. The summed E-state index contributed by atoms with van der Waals surface area (Å²) in [6, 6.07) is 14.5. The second-order valence-corrected chi connectivity index (χ2v) is 8.45. The molecule has 1 unspecified atom stereocenters. The van der Waals surface area contributed by atoms with Gasteiger partial charge in [-0.15, -0.1) is 0 Å². The lowest BCUT2D eigenvalue weighted by Gasteiger charge is -2.21. The van der Waals surface area contributed by atoms with Crippen LogP contribution in [-0.2, 0) is 11.3 Å². The number of para-hydroxylation sites is 1. The second-order valence-electron chi connectivity index (χ2n) is 8.45. The molecule has 1 amide bonds. The highest BCUT2D eigenvalue weighted by Gasteiger charge is 2.34. The number of likely N-dealkylation sites (tertiary alicyclic amines) is 1. The molecule has 1 aromatic heterocycles. The predicted octanol–water partition coefficient (Wildman–Crippen LogP) is 2.99. The molecule has 0 aliphatic carbocycles. The highest BCUT2D eigenvalue weighted by atomic mass is 16.5. The van der Waals surface area contributed by atoms with Gasteiger partial charge in [-0.25, -0.2) is 0 Å². The van der Waals surface area contributed by atoms with Crippen LogP contribution in [0, 0.1) is 11.3 Å². The Hall–Kier alpha value is -4.36. The van der Waals surface area contributed by atoms with Crippen molar-refractivity contribution in [3.05, 3.63) is 75.3 Å². The Balaban J connectivity index is 1.80. The van der Waals surface area contributed by atoms with Gasteiger partial charge in [0.2, 0.25) is 5.88 Å². The number of methoxy groups -OCH3 is 2. The first kappa shape index (κ1) is 25.7. The lowest BCUT2D eigenvalue weighted by Crippen LogP contribution is -2.37. The Morgan fingerprint density at radius 2 is 1.86 bits per heavy atom. The highest BCUT2D eigenvalue weighted by molar-refractivity contribution is 5.96. The van der Waals surface area contributed by atoms with E-state index in [1.807, 2.05) is 12.1 Å². The number of benzene rings is 2. The third-order valence-corrected chi connectivity index (χ3v) is 6.40. The molecule has 1 aliphatic rings. The Labute approximate surface area is 214 Å². The maximum atomic E-state index is 13.9. The molecule has 0 saturated carbocycles. The molecule has 1 atom stereocenters. The number of ether oxygens (including phenoxy) is 3. The van der Waals surface area contributed by atoms with Crippen molar-refractivity contribution in [2.45, 2.75) is 25.9 Å². The van der Waals surface area contributed by atoms with E-state index in [0.717, 1.165) is 5.56 Å². The minimum absolute atomic E-state index is 0.0660. The maximum absolute atomic E-state index is 13.9. The smallest absolute Gasteiger partial charge is 0.275 e. The number of aromatic nitrogens is 2. The average Bonchev–Trinajstić information content (AvgIpc) is 3.41. The molecule has 1 saturated heterocycles. The SMILES string of the molecule is CCOCc1nc(O)c(C(=O)N2CCC(c3ccccc3C#N)C2)c(=O)n1-c1c(OC)cccc1OC. The van der Waals surface area contributed by atoms with Crippen LogP contribution < -0.4 is 15.0 Å². The van der Waals surface area contributed by atoms with Gasteiger partial charge in [0, 0.05) is 25.6 Å². The molecule has 2 heterocycles. The van der Waals surface area contributed by atoms with Gasteiger partial charge in [-0.1, -0.05) is 24.3 Å². The van der Waals surface area contributed by atoms with E-state index in [0.29, 0.717) is 43.2 Å². The first-order valence-electron chi connectivity index (χ1n) is 11.9. The number of aromatic hydroxyl groups is 1. The number of hydrogen-bond donors (Lipinski definition) is 1. The summed E-state index contributed by atoms with van der Waals surface area (Å²) in [5.41, 5.74) is 0.428. The van der Waals surface area contributed by atoms with Crippen molar-refractivity contribution >= 4 is 5.91 Å². The van der Waals surface area contributed by atoms with Gasteiger partial charge in [-0.05, 0) is 37.1 Å². The molecule has 10 heteroatoms. The molecule has 0 radical (unpaired) electrons. The van der Waals surface area contributed by atoms with E-state index in [1.54, 1.807) is 37.3 Å². The van der Waals surface area contributed by atoms with Gasteiger partial charge in [0.15, 0.2) is 5.56 Å². The van der Waals surface area contributed by atoms with E-state index >= 15 is 0 Å². The summed E-state index contributed by atoms with van der Waals surface area (Å²) < 4.78 is 17.6. The lowest BCUT2D eigenvalue weighted by atomic mass is 9.94. The number of nitrogens with zero attached hydrogens (tertiary/aromatic N) is 4. The molecule has 3 aromatic rings. The van der Waals surface area contributed by atoms with Crippen LogP contribution in [0.3, 0.4) is 0 Å². The zero-order chi connectivity index (χ0) is 26.5. The van der Waals surface area contributed by atoms with Crippen molar-refractivity contribution < 1.29 is 24.1 Å². The van der Waals surface area contributed by atoms with Gasteiger partial charge in [0.25, 0.3) is 11.5 Å². The standard InChI is InChI=1S/C27H28N4O6/c1-4-37-16-22-29-25(32)23(27(34)31(22)24-20(35-2)10-7-11-21(24)36-3)26(33)30-13-12-18(15-30)19-9-6-5-8-17(19)14-28/h5-11,18,32H,4,12-13,15-16H2,1-3H3. The lowest BCUT2D eigenvalue weighted by molar-refractivity contribution is 0.0783. The van der Waals surface area contributed by atoms with Crippen LogP contribution in [0.15, 0.2) is 47.3 Å². The number of carbonyl (C=O) groups excluding carboxylic acids is 1. The summed E-state index contributed by atoms with van der Waals surface area (Å²) in [5.74, 6) is -0.651. The van der Waals surface area contributed by atoms with Crippen LogP contribution in [0.1, 0.15) is 46.6 Å². The van der Waals surface area contributed by atoms with E-state index in [-0.39, 0.29) is 24.0 Å². The fraction of sp³-hybridized carbons (Fsp3) is 0.333. The fourth-order valence-electron chi connectivity index (χ4n) is 4.62. The van der Waals surface area contributed by atoms with Crippen LogP contribution >= 0.6 is 0 Å². The molecular formula is C27H28N4O6. The van der Waals surface area contributed by atoms with Gasteiger partial charge in [0.05, 0.1) is 25.9 Å². The van der Waals surface area contributed by atoms with Crippen molar-refractivity contribution in [2.75, 3.05) is 33.9 Å². The molecule has 0 spiro atoms. The van der Waals surface area contributed by atoms with Crippen LogP contribution in [0.2, 0.25) is 0 Å². The van der Waals surface area contributed by atoms with Crippen LogP contribution in [0.5, 0.6) is 17.4 Å². The molecule has 37 heavy (non-hydrogen) atoms. The number of rotatable bonds is 8. The molecule has 0 bridgehead atoms. The monoisotopic (exact) mass is 504 g/mol. The number of nitriles is 1. The van der Waals surface area contributed by atoms with Crippen molar-refractivity contribution in [3.63, 3.8) is 0 Å². The summed E-state index contributed by atoms with van der Waals surface area (Å²) >= 11 is 0. The van der Waals surface area contributed by atoms with Gasteiger partial charge in [0.1, 0.15) is 29.6 Å². The van der Waals surface area contributed by atoms with Gasteiger partial charge in [-0.3, -0.25) is 14.2 Å². The summed E-state index contributed by atoms with van der Waals surface area (Å²) in [7, 11) is 2.91. The Morgan fingerprint density at radius 1 is 1.16 bits per heavy atom. The minimum Gasteiger partial charge on any atom is -0.494 e. The normalized spacial score (nSPS) is 14.9. The summed E-state index contributed by atoms with van der Waals surface area (Å²) in [6.45, 7) is 2.71. The number of hydrogen-bond acceptors (Lipinski definition) is 8. The number of amides is 1. The average molecular weight is 505 g/mol. The molecule has 192 valence electrons. The largest absolute Gasteiger partial charge is 0.494 e. The first-order valence-corrected chi connectivity index (χ1v) is 11.9. The van der Waals surface area contributed by atoms with Gasteiger partial charge >= 0.3 is 0 Å². The predicted molar refractivity (Wildman–Crippen MR) is 134 cm³/mol. The highest BCUT2D eigenvalue weighted by Crippen LogP contribution is 2.34. The van der Waals surface area contributed by atoms with Crippen molar-refractivity contribution in [2.24, 2.45) is 0 Å². The Bertz CT molecular complexity index is 1390. The quantitative estimate of drug-likeness (QED) is 0.496. The Morgan fingerprint density at radius 3 is 2.51 bits per heavy atom. The summed E-state index contributed by atoms with van der Waals surface area (Å²) in [5, 5.41) is 20.2. The van der Waals surface area contributed by atoms with Gasteiger partial charge < -0.3 is 24.2 Å². The third kappa shape index (κ3) is 4.86. The van der Waals surface area contributed by atoms with Crippen LogP contribution in [0.25, 0.3) is 5.69 Å². The summed E-state index contributed by atoms with van der Waals surface area (Å²) in [6.07, 6.45) is 0.621. The van der Waals surface area contributed by atoms with Crippen molar-refractivity contribution in [1.29, 1.82) is 5.26 Å². The fourth-order valence-corrected chi connectivity index (χ4v) is 4.62. The van der Waals surface area contributed by atoms with Crippen molar-refractivity contribution in [3.8, 4) is 29.1 Å². The molecule has 1 fully saturated rings. The first-order chi connectivity index (χ1) is 17.9. The van der Waals surface area contributed by atoms with E-state index in [1.165, 1.54) is 23.7 Å². The molecule has 4 rings (SSSR count). The van der Waals surface area contributed by atoms with Crippen molar-refractivity contribution in [1.82, 2.24) is 14.5 Å². The van der Waals surface area contributed by atoms with E-state index < -0.39 is 22.9 Å². The summed E-state index contributed by atoms with van der Waals surface area (Å²) in [4.78, 5) is 33.1. The molecule has 10 nitrogen and oxygen atoms in total. The minimum atomic E-state index is -0.768. The topological polar surface area (TPSA) is 127 Å². The van der Waals surface area contributed by atoms with E-state index in [2.05, 4.69) is 11.1 Å². The molecular weight excluding hydrogens is 476 g/mol. The molecule has 1 N–H and O–H groups in total. The van der Waals surface area contributed by atoms with Crippen LogP contribution in [-0.4, -0.2) is 59.4 Å². The zero-order valence-electron chi connectivity index (χ0n) is 20.9. The Kier molecular flexibility index (Phi) is 7.74. The van der Waals surface area contributed by atoms with E-state index in [4.69, 9.17) is 14.2 Å². The van der Waals surface area contributed by atoms with Crippen LogP contribution in [0.4, 0.5) is 0 Å².